The number of carbonyl (C=O) groups is 3. The number of allylic oxidation sites excluding steroid dienone is 8. The molecule has 0 atom stereocenters. The highest BCUT2D eigenvalue weighted by atomic mass is 35.5. The van der Waals surface area contributed by atoms with Crippen LogP contribution >= 0.6 is 11.6 Å². The molecule has 21 heteroatoms. The normalized spacial score (nSPS) is 18.9. The maximum atomic E-state index is 12.5. The van der Waals surface area contributed by atoms with E-state index in [0.717, 1.165) is 28.0 Å². The van der Waals surface area contributed by atoms with E-state index in [1.54, 1.807) is 12.3 Å². The molecule has 4 aliphatic rings. The molecule has 0 bridgehead atoms. The van der Waals surface area contributed by atoms with Crippen LogP contribution in [0.2, 0.25) is 0 Å². The Morgan fingerprint density at radius 1 is 0.868 bits per heavy atom. The molecule has 2 amide bonds. The molecular formula is C47H56ClN4O13S3+. The molecule has 4 heterocycles. The van der Waals surface area contributed by atoms with E-state index in [-0.39, 0.29) is 42.8 Å². The molecule has 0 radical (unpaired) electrons. The minimum Gasteiger partial charge on any atom is -0.331 e. The Bertz CT molecular complexity index is 2930. The highest BCUT2D eigenvalue weighted by molar-refractivity contribution is 7.86. The molecule has 0 aliphatic carbocycles. The van der Waals surface area contributed by atoms with Gasteiger partial charge in [0.1, 0.15) is 12.4 Å². The molecule has 68 heavy (non-hydrogen) atoms. The van der Waals surface area contributed by atoms with E-state index in [4.69, 9.17) is 21.4 Å². The Labute approximate surface area is 402 Å². The van der Waals surface area contributed by atoms with E-state index in [1.165, 1.54) is 12.1 Å². The molecule has 3 N–H and O–H groups in total. The number of amidine groups is 1. The summed E-state index contributed by atoms with van der Waals surface area (Å²) >= 11 is 6.60. The third kappa shape index (κ3) is 13.0. The monoisotopic (exact) mass is 1020 g/mol. The second-order valence-electron chi connectivity index (χ2n) is 18.1. The van der Waals surface area contributed by atoms with Crippen LogP contribution in [0.3, 0.4) is 0 Å². The largest absolute Gasteiger partial charge is 0.333 e. The fourth-order valence-electron chi connectivity index (χ4n) is 8.57. The first-order valence-corrected chi connectivity index (χ1v) is 27.2. The second kappa shape index (κ2) is 20.9. The smallest absolute Gasteiger partial charge is 0.331 e. The predicted octanol–water partition coefficient (Wildman–Crippen LogP) is 7.25. The number of nitrogens with zero attached hydrogens (tertiary/aromatic N) is 4. The topological polar surface area (TPSA) is 245 Å². The number of halogens is 1. The van der Waals surface area contributed by atoms with Gasteiger partial charge in [0.2, 0.25) is 5.69 Å². The Balaban J connectivity index is 1.36. The SMILES string of the molecule is CC1(C)C2=CC(Cl)=CN(CCCCS(=O)(=O)O)C2=N/C1=C/C=C(/C=C/C1=[N+](CCCCS(=O)(=O)O)c2ccc(S(=O)(=O)O)cc2C1(C)C)c1cccc(CCCCC(=O)ON2C(=O)CCC2=O)c1. The lowest BCUT2D eigenvalue weighted by molar-refractivity contribution is -0.438. The highest BCUT2D eigenvalue weighted by Gasteiger charge is 2.45. The summed E-state index contributed by atoms with van der Waals surface area (Å²) in [6.45, 7) is 8.58. The molecule has 17 nitrogen and oxygen atoms in total. The van der Waals surface area contributed by atoms with Crippen molar-refractivity contribution >= 4 is 82.5 Å². The first kappa shape index (κ1) is 52.3. The number of fused-ring (bicyclic) bond motifs is 2. The molecule has 2 aromatic carbocycles. The lowest BCUT2D eigenvalue weighted by Crippen LogP contribution is -2.32. The summed E-state index contributed by atoms with van der Waals surface area (Å²) in [5, 5.41) is 1.01. The molecule has 366 valence electrons. The van der Waals surface area contributed by atoms with Crippen molar-refractivity contribution in [3.05, 3.63) is 112 Å². The number of carbonyl (C=O) groups excluding carboxylic acids is 3. The van der Waals surface area contributed by atoms with Crippen molar-refractivity contribution in [3.63, 3.8) is 0 Å². The van der Waals surface area contributed by atoms with Gasteiger partial charge in [0, 0.05) is 67.1 Å². The number of imide groups is 1. The minimum absolute atomic E-state index is 0.00446. The van der Waals surface area contributed by atoms with E-state index >= 15 is 0 Å². The fourth-order valence-corrected chi connectivity index (χ4v) is 10.4. The van der Waals surface area contributed by atoms with Crippen LogP contribution in [0.1, 0.15) is 102 Å². The summed E-state index contributed by atoms with van der Waals surface area (Å²) in [6.07, 6.45) is 14.1. The van der Waals surface area contributed by atoms with Gasteiger partial charge < -0.3 is 9.74 Å². The third-order valence-electron chi connectivity index (χ3n) is 12.3. The van der Waals surface area contributed by atoms with Crippen LogP contribution in [-0.2, 0) is 61.4 Å². The predicted molar refractivity (Wildman–Crippen MR) is 257 cm³/mol. The van der Waals surface area contributed by atoms with Gasteiger partial charge in [0.05, 0.1) is 32.5 Å². The van der Waals surface area contributed by atoms with Crippen LogP contribution in [-0.4, -0.2) is 107 Å². The lowest BCUT2D eigenvalue weighted by atomic mass is 9.81. The molecule has 0 unspecified atom stereocenters. The van der Waals surface area contributed by atoms with E-state index in [2.05, 4.69) is 0 Å². The highest BCUT2D eigenvalue weighted by Crippen LogP contribution is 2.46. The van der Waals surface area contributed by atoms with E-state index in [0.29, 0.717) is 78.1 Å². The van der Waals surface area contributed by atoms with E-state index in [9.17, 15) is 53.3 Å². The van der Waals surface area contributed by atoms with Crippen molar-refractivity contribution in [2.24, 2.45) is 10.4 Å². The molecule has 1 fully saturated rings. The number of hydroxylamine groups is 2. The maximum absolute atomic E-state index is 12.5. The van der Waals surface area contributed by atoms with Gasteiger partial charge in [-0.1, -0.05) is 55.8 Å². The van der Waals surface area contributed by atoms with Crippen LogP contribution in [0.5, 0.6) is 0 Å². The first-order chi connectivity index (χ1) is 31.7. The number of benzene rings is 2. The van der Waals surface area contributed by atoms with Gasteiger partial charge in [-0.15, -0.1) is 5.06 Å². The van der Waals surface area contributed by atoms with Gasteiger partial charge in [-0.05, 0) is 99.4 Å². The zero-order valence-electron chi connectivity index (χ0n) is 38.2. The number of unbranched alkanes of at least 4 members (excludes halogenated alkanes) is 3. The lowest BCUT2D eigenvalue weighted by Gasteiger charge is -2.29. The van der Waals surface area contributed by atoms with Crippen LogP contribution in [0.4, 0.5) is 5.69 Å². The molecular weight excluding hydrogens is 960 g/mol. The number of hydrogen-bond acceptors (Lipinski definition) is 12. The van der Waals surface area contributed by atoms with E-state index < -0.39 is 64.7 Å². The van der Waals surface area contributed by atoms with Gasteiger partial charge in [-0.25, -0.2) is 9.79 Å². The summed E-state index contributed by atoms with van der Waals surface area (Å²) in [7, 11) is -12.9. The number of aryl methyl sites for hydroxylation is 1. The summed E-state index contributed by atoms with van der Waals surface area (Å²) < 4.78 is 101. The molecule has 1 saturated heterocycles. The average Bonchev–Trinajstić information content (AvgIpc) is 3.78. The standard InChI is InChI=1S/C47H55ClN4O13S3/c1-46(2)38-29-35(48)31-50(24-7-9-26-66(56,57)58)45(38)49-40(46)20-16-33(34-14-11-13-32(28-34)12-5-6-15-44(55)65-52-42(53)22-23-43(52)54)17-21-41-47(3,4)37-30-36(68(62,63)64)18-19-39(37)51(41)25-8-10-27-67(59,60)61/h11,13-14,16-21,28-31H,5-10,12,15,22-27H2,1-4H3,(H2-,56,57,58,59,60,61,62,63,64)/p+1. The molecule has 0 aromatic heterocycles. The van der Waals surface area contributed by atoms with Gasteiger partial charge in [0.15, 0.2) is 5.71 Å². The quantitative estimate of drug-likeness (QED) is 0.0367. The number of amides is 2. The number of rotatable bonds is 21. The average molecular weight is 1020 g/mol. The van der Waals surface area contributed by atoms with Crippen molar-refractivity contribution in [2.45, 2.75) is 102 Å². The van der Waals surface area contributed by atoms with Crippen molar-refractivity contribution in [1.29, 1.82) is 0 Å². The van der Waals surface area contributed by atoms with Crippen LogP contribution < -0.4 is 0 Å². The van der Waals surface area contributed by atoms with Crippen molar-refractivity contribution < 1.29 is 62.7 Å². The fraction of sp³-hybridized carbons (Fsp3) is 0.426. The van der Waals surface area contributed by atoms with Crippen LogP contribution in [0.15, 0.2) is 105 Å². The maximum Gasteiger partial charge on any atom is 0.333 e. The van der Waals surface area contributed by atoms with Crippen molar-refractivity contribution in [3.8, 4) is 0 Å². The van der Waals surface area contributed by atoms with Gasteiger partial charge in [-0.3, -0.25) is 23.2 Å². The van der Waals surface area contributed by atoms with Crippen LogP contribution in [0.25, 0.3) is 5.57 Å². The summed E-state index contributed by atoms with van der Waals surface area (Å²) in [6, 6.07) is 12.2. The molecule has 4 aliphatic heterocycles. The third-order valence-corrected chi connectivity index (χ3v) is 14.9. The van der Waals surface area contributed by atoms with Gasteiger partial charge in [-0.2, -0.15) is 29.8 Å². The number of aliphatic imine (C=N–C) groups is 1. The van der Waals surface area contributed by atoms with Crippen LogP contribution in [0, 0.1) is 5.41 Å². The van der Waals surface area contributed by atoms with E-state index in [1.807, 2.05) is 91.8 Å². The summed E-state index contributed by atoms with van der Waals surface area (Å²) in [4.78, 5) is 47.9. The van der Waals surface area contributed by atoms with Gasteiger partial charge in [0.25, 0.3) is 42.2 Å². The molecule has 0 spiro atoms. The Morgan fingerprint density at radius 2 is 1.54 bits per heavy atom. The Morgan fingerprint density at radius 3 is 2.21 bits per heavy atom. The molecule has 0 saturated carbocycles. The van der Waals surface area contributed by atoms with Gasteiger partial charge >= 0.3 is 5.97 Å². The Kier molecular flexibility index (Phi) is 16.0. The number of hydrogen-bond donors (Lipinski definition) is 3. The Hall–Kier alpha value is -5.09. The zero-order valence-corrected chi connectivity index (χ0v) is 41.4. The van der Waals surface area contributed by atoms with Crippen molar-refractivity contribution in [1.82, 2.24) is 9.96 Å². The zero-order chi connectivity index (χ0) is 49.8. The summed E-state index contributed by atoms with van der Waals surface area (Å²) in [5.74, 6) is -1.91. The first-order valence-electron chi connectivity index (χ1n) is 22.1. The molecule has 2 aromatic rings. The second-order valence-corrected chi connectivity index (χ2v) is 23.1. The summed E-state index contributed by atoms with van der Waals surface area (Å²) in [5.41, 5.74) is 4.64. The minimum atomic E-state index is -4.55. The molecule has 6 rings (SSSR count). The van der Waals surface area contributed by atoms with Crippen molar-refractivity contribution in [2.75, 3.05) is 24.6 Å².